The van der Waals surface area contributed by atoms with E-state index in [2.05, 4.69) is 25.9 Å². The van der Waals surface area contributed by atoms with Gasteiger partial charge in [0, 0.05) is 6.04 Å². The van der Waals surface area contributed by atoms with Crippen molar-refractivity contribution in [1.29, 1.82) is 0 Å². The second kappa shape index (κ2) is 4.86. The third kappa shape index (κ3) is 2.48. The minimum atomic E-state index is 0.874. The van der Waals surface area contributed by atoms with Crippen LogP contribution in [0.4, 0.5) is 0 Å². The lowest BCUT2D eigenvalue weighted by Gasteiger charge is -2.36. The lowest BCUT2D eigenvalue weighted by atomic mass is 9.81. The van der Waals surface area contributed by atoms with Crippen LogP contribution in [-0.4, -0.2) is 25.0 Å². The maximum Gasteiger partial charge on any atom is 0.0117 e. The van der Waals surface area contributed by atoms with Gasteiger partial charge in [0.1, 0.15) is 0 Å². The van der Waals surface area contributed by atoms with Gasteiger partial charge in [-0.3, -0.25) is 0 Å². The highest BCUT2D eigenvalue weighted by Gasteiger charge is 2.25. The highest BCUT2D eigenvalue weighted by atomic mass is 15.1. The van der Waals surface area contributed by atoms with E-state index >= 15 is 0 Å². The summed E-state index contributed by atoms with van der Waals surface area (Å²) >= 11 is 0. The number of hydrogen-bond donors (Lipinski definition) is 0. The van der Waals surface area contributed by atoms with Gasteiger partial charge in [0.15, 0.2) is 0 Å². The summed E-state index contributed by atoms with van der Waals surface area (Å²) in [4.78, 5) is 2.43. The molecule has 72 valence electrons. The Bertz CT molecular complexity index is 118. The Morgan fingerprint density at radius 2 is 1.83 bits per heavy atom. The Morgan fingerprint density at radius 1 is 1.17 bits per heavy atom. The molecule has 1 aliphatic carbocycles. The molecule has 0 bridgehead atoms. The van der Waals surface area contributed by atoms with Gasteiger partial charge in [-0.25, -0.2) is 0 Å². The van der Waals surface area contributed by atoms with Crippen LogP contribution >= 0.6 is 0 Å². The highest BCUT2D eigenvalue weighted by Crippen LogP contribution is 2.30. The van der Waals surface area contributed by atoms with E-state index < -0.39 is 0 Å². The summed E-state index contributed by atoms with van der Waals surface area (Å²) in [5.41, 5.74) is 0. The fourth-order valence-corrected chi connectivity index (χ4v) is 2.58. The zero-order valence-electron chi connectivity index (χ0n) is 8.84. The lowest BCUT2D eigenvalue weighted by molar-refractivity contribution is 0.147. The van der Waals surface area contributed by atoms with E-state index in [1.54, 1.807) is 0 Å². The molecule has 0 aliphatic heterocycles. The van der Waals surface area contributed by atoms with Crippen molar-refractivity contribution in [3.63, 3.8) is 0 Å². The second-order valence-electron chi connectivity index (χ2n) is 4.36. The fourth-order valence-electron chi connectivity index (χ4n) is 2.58. The van der Waals surface area contributed by atoms with Gasteiger partial charge in [-0.15, -0.1) is 0 Å². The Balaban J connectivity index is 2.42. The summed E-state index contributed by atoms with van der Waals surface area (Å²) < 4.78 is 0. The molecule has 0 aromatic carbocycles. The predicted octanol–water partition coefficient (Wildman–Crippen LogP) is 2.91. The predicted molar refractivity (Wildman–Crippen MR) is 54.3 cm³/mol. The third-order valence-electron chi connectivity index (χ3n) is 3.19. The first-order valence-corrected chi connectivity index (χ1v) is 5.42. The molecule has 0 aromatic rings. The maximum absolute atomic E-state index is 2.43. The van der Waals surface area contributed by atoms with Gasteiger partial charge in [0.25, 0.3) is 0 Å². The SMILES string of the molecule is CCC[C@@H]1CCCC[C@H]1N(C)C. The molecule has 0 unspecified atom stereocenters. The van der Waals surface area contributed by atoms with Crippen LogP contribution < -0.4 is 0 Å². The molecule has 2 atom stereocenters. The summed E-state index contributed by atoms with van der Waals surface area (Å²) in [6.07, 6.45) is 8.60. The first kappa shape index (κ1) is 10.0. The summed E-state index contributed by atoms with van der Waals surface area (Å²) in [7, 11) is 4.47. The van der Waals surface area contributed by atoms with E-state index in [9.17, 15) is 0 Å². The average Bonchev–Trinajstić information content (AvgIpc) is 2.05. The molecule has 1 nitrogen and oxygen atoms in total. The monoisotopic (exact) mass is 169 g/mol. The lowest BCUT2D eigenvalue weighted by Crippen LogP contribution is -2.37. The van der Waals surface area contributed by atoms with Gasteiger partial charge in [-0.05, 0) is 39.3 Å². The Kier molecular flexibility index (Phi) is 4.07. The van der Waals surface area contributed by atoms with E-state index in [0.29, 0.717) is 0 Å². The molecule has 1 fully saturated rings. The molecule has 0 spiro atoms. The quantitative estimate of drug-likeness (QED) is 0.628. The van der Waals surface area contributed by atoms with Crippen LogP contribution in [0, 0.1) is 5.92 Å². The number of rotatable bonds is 3. The van der Waals surface area contributed by atoms with Gasteiger partial charge in [0.05, 0.1) is 0 Å². The smallest absolute Gasteiger partial charge is 0.0117 e. The van der Waals surface area contributed by atoms with Crippen molar-refractivity contribution in [3.05, 3.63) is 0 Å². The molecular weight excluding hydrogens is 146 g/mol. The largest absolute Gasteiger partial charge is 0.306 e. The Hall–Kier alpha value is -0.0400. The van der Waals surface area contributed by atoms with Crippen molar-refractivity contribution in [1.82, 2.24) is 4.90 Å². The van der Waals surface area contributed by atoms with Crippen molar-refractivity contribution in [3.8, 4) is 0 Å². The standard InChI is InChI=1S/C11H23N/c1-4-7-10-8-5-6-9-11(10)12(2)3/h10-11H,4-9H2,1-3H3/t10-,11-/m1/s1. The zero-order chi connectivity index (χ0) is 8.97. The van der Waals surface area contributed by atoms with E-state index in [1.165, 1.54) is 38.5 Å². The van der Waals surface area contributed by atoms with Crippen LogP contribution in [0.15, 0.2) is 0 Å². The molecule has 0 saturated heterocycles. The topological polar surface area (TPSA) is 3.24 Å². The van der Waals surface area contributed by atoms with Gasteiger partial charge < -0.3 is 4.90 Å². The number of hydrogen-bond acceptors (Lipinski definition) is 1. The molecule has 0 amide bonds. The second-order valence-corrected chi connectivity index (χ2v) is 4.36. The average molecular weight is 169 g/mol. The van der Waals surface area contributed by atoms with Crippen molar-refractivity contribution in [2.45, 2.75) is 51.5 Å². The van der Waals surface area contributed by atoms with Crippen molar-refractivity contribution in [2.75, 3.05) is 14.1 Å². The van der Waals surface area contributed by atoms with Crippen LogP contribution in [0.3, 0.4) is 0 Å². The van der Waals surface area contributed by atoms with Gasteiger partial charge in [0.2, 0.25) is 0 Å². The van der Waals surface area contributed by atoms with Gasteiger partial charge >= 0.3 is 0 Å². The number of nitrogens with zero attached hydrogens (tertiary/aromatic N) is 1. The minimum absolute atomic E-state index is 0.874. The van der Waals surface area contributed by atoms with Crippen LogP contribution in [0.1, 0.15) is 45.4 Å². The molecular formula is C11H23N. The van der Waals surface area contributed by atoms with Crippen molar-refractivity contribution < 1.29 is 0 Å². The van der Waals surface area contributed by atoms with Crippen LogP contribution in [0.2, 0.25) is 0 Å². The Labute approximate surface area is 77.1 Å². The Morgan fingerprint density at radius 3 is 2.42 bits per heavy atom. The summed E-state index contributed by atoms with van der Waals surface area (Å²) in [5.74, 6) is 0.985. The molecule has 1 heteroatoms. The van der Waals surface area contributed by atoms with Crippen LogP contribution in [0.5, 0.6) is 0 Å². The normalized spacial score (nSPS) is 31.0. The zero-order valence-corrected chi connectivity index (χ0v) is 8.84. The maximum atomic E-state index is 2.43. The molecule has 1 rings (SSSR count). The van der Waals surface area contributed by atoms with E-state index in [-0.39, 0.29) is 0 Å². The van der Waals surface area contributed by atoms with E-state index in [1.807, 2.05) is 0 Å². The molecule has 0 N–H and O–H groups in total. The first-order chi connectivity index (χ1) is 5.75. The molecule has 0 radical (unpaired) electrons. The van der Waals surface area contributed by atoms with Crippen LogP contribution in [0.25, 0.3) is 0 Å². The summed E-state index contributed by atoms with van der Waals surface area (Å²) in [5, 5.41) is 0. The first-order valence-electron chi connectivity index (χ1n) is 5.42. The minimum Gasteiger partial charge on any atom is -0.306 e. The van der Waals surface area contributed by atoms with Gasteiger partial charge in [-0.1, -0.05) is 26.2 Å². The van der Waals surface area contributed by atoms with Gasteiger partial charge in [-0.2, -0.15) is 0 Å². The van der Waals surface area contributed by atoms with Crippen LogP contribution in [-0.2, 0) is 0 Å². The highest BCUT2D eigenvalue weighted by molar-refractivity contribution is 4.80. The fraction of sp³-hybridized carbons (Fsp3) is 1.00. The molecule has 12 heavy (non-hydrogen) atoms. The van der Waals surface area contributed by atoms with E-state index in [4.69, 9.17) is 0 Å². The molecule has 0 heterocycles. The van der Waals surface area contributed by atoms with Crippen molar-refractivity contribution >= 4 is 0 Å². The molecule has 1 aliphatic rings. The summed E-state index contributed by atoms with van der Waals surface area (Å²) in [6.45, 7) is 2.31. The summed E-state index contributed by atoms with van der Waals surface area (Å²) in [6, 6.07) is 0.874. The van der Waals surface area contributed by atoms with Crippen molar-refractivity contribution in [2.24, 2.45) is 5.92 Å². The van der Waals surface area contributed by atoms with E-state index in [0.717, 1.165) is 12.0 Å². The third-order valence-corrected chi connectivity index (χ3v) is 3.19. The molecule has 1 saturated carbocycles. The molecule has 0 aromatic heterocycles.